The highest BCUT2D eigenvalue weighted by molar-refractivity contribution is 8.32. The zero-order valence-corrected chi connectivity index (χ0v) is 26.1. The third kappa shape index (κ3) is 4.26. The van der Waals surface area contributed by atoms with Gasteiger partial charge < -0.3 is 9.80 Å². The molecular weight excluding hydrogens is 533 g/mol. The lowest BCUT2D eigenvalue weighted by molar-refractivity contribution is 0.588. The molecule has 2 aromatic heterocycles. The summed E-state index contributed by atoms with van der Waals surface area (Å²) in [4.78, 5) is 12.3. The van der Waals surface area contributed by atoms with Gasteiger partial charge in [0.2, 0.25) is 0 Å². The van der Waals surface area contributed by atoms with Crippen molar-refractivity contribution in [3.05, 3.63) is 115 Å². The number of para-hydroxylation sites is 3. The van der Waals surface area contributed by atoms with Gasteiger partial charge in [-0.05, 0) is 93.9 Å². The van der Waals surface area contributed by atoms with Crippen molar-refractivity contribution in [1.82, 2.24) is 9.55 Å². The summed E-state index contributed by atoms with van der Waals surface area (Å²) >= 11 is 0. The van der Waals surface area contributed by atoms with Crippen LogP contribution in [0.25, 0.3) is 27.6 Å². The van der Waals surface area contributed by atoms with E-state index in [0.717, 1.165) is 12.5 Å². The van der Waals surface area contributed by atoms with Crippen molar-refractivity contribution in [3.63, 3.8) is 0 Å². The highest BCUT2D eigenvalue weighted by Crippen LogP contribution is 2.59. The van der Waals surface area contributed by atoms with E-state index in [2.05, 4.69) is 152 Å². The Kier molecular flexibility index (Phi) is 6.14. The second kappa shape index (κ2) is 9.67. The molecule has 0 fully saturated rings. The molecule has 0 N–H and O–H groups in total. The van der Waals surface area contributed by atoms with Crippen LogP contribution in [0, 0.1) is 0 Å². The molecule has 0 spiro atoms. The topological polar surface area (TPSA) is 24.3 Å². The average molecular weight is 571 g/mol. The zero-order valence-electron chi connectivity index (χ0n) is 25.3. The monoisotopic (exact) mass is 570 g/mol. The van der Waals surface area contributed by atoms with Crippen LogP contribution in [0.3, 0.4) is 0 Å². The number of benzene rings is 4. The van der Waals surface area contributed by atoms with Gasteiger partial charge in [0, 0.05) is 29.7 Å². The molecule has 3 heterocycles. The smallest absolute Gasteiger partial charge is 0.137 e. The van der Waals surface area contributed by atoms with Gasteiger partial charge in [0.05, 0.1) is 29.1 Å². The Morgan fingerprint density at radius 2 is 1.40 bits per heavy atom. The normalized spacial score (nSPS) is 14.1. The van der Waals surface area contributed by atoms with E-state index in [-0.39, 0.29) is 5.41 Å². The predicted octanol–water partition coefficient (Wildman–Crippen LogP) is 9.50. The van der Waals surface area contributed by atoms with Crippen molar-refractivity contribution in [2.24, 2.45) is 0 Å². The van der Waals surface area contributed by atoms with Crippen LogP contribution in [0.15, 0.2) is 119 Å². The Labute approximate surface area is 250 Å². The lowest BCUT2D eigenvalue weighted by atomic mass is 9.87. The summed E-state index contributed by atoms with van der Waals surface area (Å²) in [5.74, 6) is 0.947. The second-order valence-corrected chi connectivity index (χ2v) is 16.4. The largest absolute Gasteiger partial charge is 0.355 e. The summed E-state index contributed by atoms with van der Waals surface area (Å²) in [6.07, 6.45) is 6.76. The van der Waals surface area contributed by atoms with Crippen LogP contribution >= 0.6 is 10.0 Å². The van der Waals surface area contributed by atoms with Crippen molar-refractivity contribution in [3.8, 4) is 5.82 Å². The van der Waals surface area contributed by atoms with Gasteiger partial charge in [-0.15, -0.1) is 0 Å². The maximum atomic E-state index is 4.75. The molecular formula is C37H38N4S. The van der Waals surface area contributed by atoms with Gasteiger partial charge in [-0.2, -0.15) is 10.0 Å². The van der Waals surface area contributed by atoms with E-state index in [0.29, 0.717) is 0 Å². The van der Waals surface area contributed by atoms with Gasteiger partial charge in [-0.25, -0.2) is 4.98 Å². The first-order valence-electron chi connectivity index (χ1n) is 14.5. The first kappa shape index (κ1) is 26.7. The summed E-state index contributed by atoms with van der Waals surface area (Å²) in [5, 5.41) is 2.52. The predicted molar refractivity (Wildman–Crippen MR) is 182 cm³/mol. The highest BCUT2D eigenvalue weighted by Gasteiger charge is 2.28. The van der Waals surface area contributed by atoms with E-state index in [1.54, 1.807) is 0 Å². The molecule has 6 aromatic rings. The Hall–Kier alpha value is -4.22. The number of rotatable bonds is 4. The van der Waals surface area contributed by atoms with E-state index < -0.39 is 10.0 Å². The fraction of sp³-hybridized carbons (Fsp3) is 0.216. The van der Waals surface area contributed by atoms with Gasteiger partial charge in [-0.3, -0.25) is 4.57 Å². The van der Waals surface area contributed by atoms with Crippen LogP contribution in [0.4, 0.5) is 17.1 Å². The minimum absolute atomic E-state index is 0.0286. The molecule has 4 nitrogen and oxygen atoms in total. The van der Waals surface area contributed by atoms with Crippen molar-refractivity contribution in [2.75, 3.05) is 36.0 Å². The average Bonchev–Trinajstić information content (AvgIpc) is 3.51. The molecule has 1 aliphatic heterocycles. The van der Waals surface area contributed by atoms with Crippen LogP contribution < -0.4 is 9.80 Å². The van der Waals surface area contributed by atoms with Crippen LogP contribution in [0.2, 0.25) is 0 Å². The molecule has 0 bridgehead atoms. The summed E-state index contributed by atoms with van der Waals surface area (Å²) in [6.45, 7) is 7.80. The third-order valence-electron chi connectivity index (χ3n) is 8.71. The van der Waals surface area contributed by atoms with Crippen LogP contribution in [-0.4, -0.2) is 35.8 Å². The van der Waals surface area contributed by atoms with Crippen LogP contribution in [-0.2, 0) is 5.41 Å². The van der Waals surface area contributed by atoms with Crippen molar-refractivity contribution in [2.45, 2.75) is 36.0 Å². The van der Waals surface area contributed by atoms with Crippen LogP contribution in [0.5, 0.6) is 0 Å². The quantitative estimate of drug-likeness (QED) is 0.211. The van der Waals surface area contributed by atoms with E-state index in [1.165, 1.54) is 54.2 Å². The fourth-order valence-electron chi connectivity index (χ4n) is 6.20. The number of hydrogen-bond donors (Lipinski definition) is 0. The molecule has 0 atom stereocenters. The molecule has 0 aliphatic carbocycles. The maximum absolute atomic E-state index is 4.75. The van der Waals surface area contributed by atoms with Crippen molar-refractivity contribution < 1.29 is 0 Å². The van der Waals surface area contributed by atoms with Gasteiger partial charge in [-0.1, -0.05) is 63.2 Å². The Bertz CT molecular complexity index is 1950. The van der Waals surface area contributed by atoms with E-state index >= 15 is 0 Å². The molecule has 7 rings (SSSR count). The molecule has 0 radical (unpaired) electrons. The zero-order chi connectivity index (χ0) is 29.2. The molecule has 212 valence electrons. The Morgan fingerprint density at radius 3 is 2.17 bits per heavy atom. The minimum Gasteiger partial charge on any atom is -0.355 e. The molecule has 42 heavy (non-hydrogen) atoms. The number of hydrogen-bond acceptors (Lipinski definition) is 3. The molecule has 0 saturated carbocycles. The minimum atomic E-state index is -1.37. The second-order valence-electron chi connectivity index (χ2n) is 12.8. The lowest BCUT2D eigenvalue weighted by Gasteiger charge is -2.35. The third-order valence-corrected chi connectivity index (χ3v) is 11.6. The van der Waals surface area contributed by atoms with E-state index in [9.17, 15) is 0 Å². The SMILES string of the molecule is CN1CN(c2cc(C(C)(C)C)cc(S(C)(C)c3ccc4c5ccccc5n(-c5ccccn5)c4c3)c2)c2ccccc21. The van der Waals surface area contributed by atoms with E-state index in [4.69, 9.17) is 4.98 Å². The van der Waals surface area contributed by atoms with Gasteiger partial charge in [0.15, 0.2) is 0 Å². The number of fused-ring (bicyclic) bond motifs is 4. The standard InChI is InChI=1S/C37H38N4S/c1-37(2,3)26-21-27(40-25-39(4)33-15-9-10-16-34(33)40)23-29(22-26)42(5,6)28-18-19-31-30-13-7-8-14-32(30)41(35(31)24-28)36-17-11-12-20-38-36/h7-24H,25H2,1-6H3. The highest BCUT2D eigenvalue weighted by atomic mass is 32.3. The number of aromatic nitrogens is 2. The summed E-state index contributed by atoms with van der Waals surface area (Å²) in [5.41, 5.74) is 7.59. The lowest BCUT2D eigenvalue weighted by Crippen LogP contribution is -2.24. The maximum Gasteiger partial charge on any atom is 0.137 e. The van der Waals surface area contributed by atoms with Crippen molar-refractivity contribution in [1.29, 1.82) is 0 Å². The summed E-state index contributed by atoms with van der Waals surface area (Å²) in [7, 11) is 0.812. The van der Waals surface area contributed by atoms with Gasteiger partial charge in [0.25, 0.3) is 0 Å². The van der Waals surface area contributed by atoms with E-state index in [1.807, 2.05) is 12.3 Å². The first-order valence-corrected chi connectivity index (χ1v) is 17.0. The Balaban J connectivity index is 1.41. The van der Waals surface area contributed by atoms with Gasteiger partial charge >= 0.3 is 0 Å². The molecule has 0 unspecified atom stereocenters. The molecule has 5 heteroatoms. The molecule has 0 amide bonds. The fourth-order valence-corrected chi connectivity index (χ4v) is 8.13. The molecule has 1 aliphatic rings. The molecule has 0 saturated heterocycles. The van der Waals surface area contributed by atoms with Crippen LogP contribution in [0.1, 0.15) is 26.3 Å². The number of pyridine rings is 1. The molecule has 4 aromatic carbocycles. The van der Waals surface area contributed by atoms with Gasteiger partial charge in [0.1, 0.15) is 5.82 Å². The summed E-state index contributed by atoms with van der Waals surface area (Å²) < 4.78 is 2.32. The summed E-state index contributed by atoms with van der Waals surface area (Å²) in [6, 6.07) is 37.9. The first-order chi connectivity index (χ1) is 20.1. The number of nitrogens with zero attached hydrogens (tertiary/aromatic N) is 4. The number of anilines is 3. The van der Waals surface area contributed by atoms with Crippen molar-refractivity contribution >= 4 is 48.9 Å². The Morgan fingerprint density at radius 1 is 0.690 bits per heavy atom.